The largest absolute Gasteiger partial charge is 0.376 e. The lowest BCUT2D eigenvalue weighted by Crippen LogP contribution is -2.62. The van der Waals surface area contributed by atoms with Gasteiger partial charge in [0, 0.05) is 0 Å². The second kappa shape index (κ2) is 10.0. The van der Waals surface area contributed by atoms with Gasteiger partial charge in [0.05, 0.1) is 31.0 Å². The number of hydrogen-bond donors (Lipinski definition) is 1. The summed E-state index contributed by atoms with van der Waals surface area (Å²) in [5.41, 5.74) is 0. The Hall–Kier alpha value is -0.240. The first kappa shape index (κ1) is 21.8. The molecular weight excluding hydrogens is 312 g/mol. The molecule has 1 fully saturated rings. The first-order chi connectivity index (χ1) is 11.1. The molecule has 6 heteroatoms. The van der Waals surface area contributed by atoms with E-state index in [0.717, 1.165) is 0 Å². The summed E-state index contributed by atoms with van der Waals surface area (Å²) in [7, 11) is 0. The number of hydrogen-bond acceptors (Lipinski definition) is 6. The maximum absolute atomic E-state index is 10.5. The van der Waals surface area contributed by atoms with Gasteiger partial charge < -0.3 is 28.8 Å². The topological polar surface area (TPSA) is 66.4 Å². The Morgan fingerprint density at radius 1 is 0.708 bits per heavy atom. The van der Waals surface area contributed by atoms with Crippen molar-refractivity contribution in [3.8, 4) is 0 Å². The molecule has 5 atom stereocenters. The van der Waals surface area contributed by atoms with Gasteiger partial charge in [0.25, 0.3) is 0 Å². The third-order valence-corrected chi connectivity index (χ3v) is 3.49. The molecule has 0 unspecified atom stereocenters. The van der Waals surface area contributed by atoms with Crippen molar-refractivity contribution >= 4 is 0 Å². The van der Waals surface area contributed by atoms with Gasteiger partial charge in [-0.25, -0.2) is 0 Å². The Morgan fingerprint density at radius 2 is 1.17 bits per heavy atom. The van der Waals surface area contributed by atoms with Crippen LogP contribution in [-0.2, 0) is 23.7 Å². The van der Waals surface area contributed by atoms with E-state index in [0.29, 0.717) is 6.61 Å². The third-order valence-electron chi connectivity index (χ3n) is 3.49. The zero-order valence-electron chi connectivity index (χ0n) is 16.4. The second-order valence-electron chi connectivity index (χ2n) is 7.40. The highest BCUT2D eigenvalue weighted by atomic mass is 16.7. The van der Waals surface area contributed by atoms with E-state index in [9.17, 15) is 5.11 Å². The fourth-order valence-corrected chi connectivity index (χ4v) is 2.72. The van der Waals surface area contributed by atoms with E-state index in [1.54, 1.807) is 0 Å². The number of ether oxygens (including phenoxy) is 5. The molecule has 144 valence electrons. The molecule has 0 spiro atoms. The second-order valence-corrected chi connectivity index (χ2v) is 7.40. The highest BCUT2D eigenvalue weighted by Gasteiger charge is 2.48. The summed E-state index contributed by atoms with van der Waals surface area (Å²) < 4.78 is 29.5. The lowest BCUT2D eigenvalue weighted by Gasteiger charge is -2.46. The Bertz CT molecular complexity index is 344. The third kappa shape index (κ3) is 6.94. The van der Waals surface area contributed by atoms with Crippen molar-refractivity contribution in [1.82, 2.24) is 0 Å². The Morgan fingerprint density at radius 3 is 1.62 bits per heavy atom. The number of aliphatic hydroxyl groups is 1. The highest BCUT2D eigenvalue weighted by molar-refractivity contribution is 4.93. The zero-order valence-corrected chi connectivity index (χ0v) is 16.4. The van der Waals surface area contributed by atoms with Gasteiger partial charge in [-0.2, -0.15) is 0 Å². The molecular formula is C18H36O6. The molecule has 0 radical (unpaired) electrons. The zero-order chi connectivity index (χ0) is 18.4. The van der Waals surface area contributed by atoms with Gasteiger partial charge in [0.15, 0.2) is 6.29 Å². The van der Waals surface area contributed by atoms with E-state index in [1.165, 1.54) is 0 Å². The van der Waals surface area contributed by atoms with Crippen LogP contribution in [0.4, 0.5) is 0 Å². The van der Waals surface area contributed by atoms with Crippen LogP contribution in [0, 0.1) is 0 Å². The van der Waals surface area contributed by atoms with Gasteiger partial charge in [-0.05, 0) is 55.4 Å². The lowest BCUT2D eigenvalue weighted by atomic mass is 9.97. The van der Waals surface area contributed by atoms with Gasteiger partial charge >= 0.3 is 0 Å². The minimum atomic E-state index is -1.08. The molecule has 0 aliphatic carbocycles. The highest BCUT2D eigenvalue weighted by Crippen LogP contribution is 2.30. The molecule has 0 bridgehead atoms. The van der Waals surface area contributed by atoms with Crippen LogP contribution in [0.3, 0.4) is 0 Å². The van der Waals surface area contributed by atoms with Crippen molar-refractivity contribution in [3.63, 3.8) is 0 Å². The van der Waals surface area contributed by atoms with Crippen LogP contribution < -0.4 is 0 Å². The molecule has 0 aromatic carbocycles. The minimum absolute atomic E-state index is 0.00615. The van der Waals surface area contributed by atoms with Crippen molar-refractivity contribution in [2.24, 2.45) is 0 Å². The summed E-state index contributed by atoms with van der Waals surface area (Å²) in [5, 5.41) is 10.5. The fourth-order valence-electron chi connectivity index (χ4n) is 2.72. The maximum Gasteiger partial charge on any atom is 0.184 e. The van der Waals surface area contributed by atoms with Crippen LogP contribution in [0.1, 0.15) is 55.4 Å². The standard InChI is InChI=1S/C18H36O6/c1-10(2)20-9-14-15(21-11(3)4)16(22-12(5)6)17(18(19)24-14)23-13(7)8/h10-19H,9H2,1-8H3/t14-,15-,16+,17-,18-/m1/s1. The van der Waals surface area contributed by atoms with Gasteiger partial charge in [0.2, 0.25) is 0 Å². The molecule has 0 aromatic rings. The average Bonchev–Trinajstić information content (AvgIpc) is 2.42. The molecule has 1 rings (SSSR count). The van der Waals surface area contributed by atoms with Crippen LogP contribution >= 0.6 is 0 Å². The summed E-state index contributed by atoms with van der Waals surface area (Å²) >= 11 is 0. The predicted octanol–water partition coefficient (Wildman–Crippen LogP) is 2.51. The maximum atomic E-state index is 10.5. The monoisotopic (exact) mass is 348 g/mol. The lowest BCUT2D eigenvalue weighted by molar-refractivity contribution is -0.324. The molecule has 1 heterocycles. The van der Waals surface area contributed by atoms with E-state index < -0.39 is 24.6 Å². The average molecular weight is 348 g/mol. The first-order valence-electron chi connectivity index (χ1n) is 9.03. The molecule has 6 nitrogen and oxygen atoms in total. The smallest absolute Gasteiger partial charge is 0.184 e. The van der Waals surface area contributed by atoms with E-state index in [2.05, 4.69) is 0 Å². The predicted molar refractivity (Wildman–Crippen MR) is 92.0 cm³/mol. The fraction of sp³-hybridized carbons (Fsp3) is 1.00. The van der Waals surface area contributed by atoms with E-state index in [4.69, 9.17) is 23.7 Å². The van der Waals surface area contributed by atoms with Gasteiger partial charge in [0.1, 0.15) is 24.4 Å². The van der Waals surface area contributed by atoms with Crippen molar-refractivity contribution in [2.45, 2.75) is 111 Å². The van der Waals surface area contributed by atoms with E-state index >= 15 is 0 Å². The minimum Gasteiger partial charge on any atom is -0.376 e. The SMILES string of the molecule is CC(C)OC[C@H]1O[C@@H](O)[C@H](OC(C)C)[C@@H](OC(C)C)[C@@H]1OC(C)C. The summed E-state index contributed by atoms with van der Waals surface area (Å²) in [4.78, 5) is 0. The van der Waals surface area contributed by atoms with Crippen molar-refractivity contribution < 1.29 is 28.8 Å². The van der Waals surface area contributed by atoms with Crippen LogP contribution in [-0.4, -0.2) is 66.8 Å². The molecule has 1 N–H and O–H groups in total. The summed E-state index contributed by atoms with van der Waals surface area (Å²) in [6.07, 6.45) is -2.93. The molecule has 0 saturated carbocycles. The van der Waals surface area contributed by atoms with Crippen LogP contribution in [0.5, 0.6) is 0 Å². The Kier molecular flexibility index (Phi) is 9.12. The van der Waals surface area contributed by atoms with Crippen LogP contribution in [0.15, 0.2) is 0 Å². The van der Waals surface area contributed by atoms with E-state index in [1.807, 2.05) is 55.4 Å². The van der Waals surface area contributed by atoms with Crippen molar-refractivity contribution in [2.75, 3.05) is 6.61 Å². The quantitative estimate of drug-likeness (QED) is 0.691. The van der Waals surface area contributed by atoms with Crippen molar-refractivity contribution in [1.29, 1.82) is 0 Å². The van der Waals surface area contributed by atoms with Gasteiger partial charge in [-0.3, -0.25) is 0 Å². The molecule has 1 saturated heterocycles. The van der Waals surface area contributed by atoms with Crippen LogP contribution in [0.25, 0.3) is 0 Å². The van der Waals surface area contributed by atoms with E-state index in [-0.39, 0.29) is 30.5 Å². The molecule has 1 aliphatic heterocycles. The molecule has 24 heavy (non-hydrogen) atoms. The summed E-state index contributed by atoms with van der Waals surface area (Å²) in [6.45, 7) is 16.0. The Balaban J connectivity index is 3.02. The van der Waals surface area contributed by atoms with Gasteiger partial charge in [-0.15, -0.1) is 0 Å². The van der Waals surface area contributed by atoms with Crippen LogP contribution in [0.2, 0.25) is 0 Å². The molecule has 0 amide bonds. The normalized spacial score (nSPS) is 31.6. The Labute approximate surface area is 146 Å². The number of rotatable bonds is 9. The first-order valence-corrected chi connectivity index (χ1v) is 9.03. The molecule has 1 aliphatic rings. The van der Waals surface area contributed by atoms with Gasteiger partial charge in [-0.1, -0.05) is 0 Å². The number of aliphatic hydroxyl groups excluding tert-OH is 1. The summed E-state index contributed by atoms with van der Waals surface area (Å²) in [5.74, 6) is 0. The van der Waals surface area contributed by atoms with Crippen molar-refractivity contribution in [3.05, 3.63) is 0 Å². The summed E-state index contributed by atoms with van der Waals surface area (Å²) in [6, 6.07) is 0. The molecule has 0 aromatic heterocycles.